The van der Waals surface area contributed by atoms with E-state index in [0.29, 0.717) is 19.6 Å². The SMILES string of the molecule is O=C(CCl)NCC1(c2ccccc2)CC(NC(=O)CC2OCCc3ccccc32)C1. The Labute approximate surface area is 182 Å². The number of benzene rings is 2. The molecule has 0 spiro atoms. The number of hydrogen-bond acceptors (Lipinski definition) is 3. The molecule has 0 bridgehead atoms. The van der Waals surface area contributed by atoms with Crippen molar-refractivity contribution < 1.29 is 14.3 Å². The molecule has 1 aliphatic carbocycles. The molecule has 6 heteroatoms. The van der Waals surface area contributed by atoms with Crippen molar-refractivity contribution in [3.63, 3.8) is 0 Å². The van der Waals surface area contributed by atoms with E-state index >= 15 is 0 Å². The highest BCUT2D eigenvalue weighted by atomic mass is 35.5. The van der Waals surface area contributed by atoms with E-state index in [2.05, 4.69) is 34.9 Å². The Kier molecular flexibility index (Phi) is 6.40. The number of ether oxygens (including phenoxy) is 1. The fourth-order valence-corrected chi connectivity index (χ4v) is 4.77. The summed E-state index contributed by atoms with van der Waals surface area (Å²) in [5.74, 6) is -0.214. The average Bonchev–Trinajstić information content (AvgIpc) is 2.76. The second kappa shape index (κ2) is 9.19. The molecule has 4 rings (SSSR count). The van der Waals surface area contributed by atoms with Crippen LogP contribution in [0.15, 0.2) is 54.6 Å². The number of rotatable bonds is 7. The number of amides is 2. The second-order valence-electron chi connectivity index (χ2n) is 8.24. The Bertz CT molecular complexity index is 896. The van der Waals surface area contributed by atoms with Gasteiger partial charge in [0.2, 0.25) is 11.8 Å². The lowest BCUT2D eigenvalue weighted by atomic mass is 9.61. The average molecular weight is 427 g/mol. The van der Waals surface area contributed by atoms with Gasteiger partial charge in [0.05, 0.1) is 19.1 Å². The van der Waals surface area contributed by atoms with Gasteiger partial charge in [-0.2, -0.15) is 0 Å². The molecule has 0 radical (unpaired) electrons. The van der Waals surface area contributed by atoms with Crippen LogP contribution in [0, 0.1) is 0 Å². The van der Waals surface area contributed by atoms with Crippen LogP contribution < -0.4 is 10.6 Å². The fourth-order valence-electron chi connectivity index (χ4n) is 4.68. The molecule has 1 atom stereocenters. The molecule has 0 saturated heterocycles. The van der Waals surface area contributed by atoms with E-state index in [1.165, 1.54) is 11.1 Å². The van der Waals surface area contributed by atoms with E-state index in [1.807, 2.05) is 30.3 Å². The van der Waals surface area contributed by atoms with E-state index in [9.17, 15) is 9.59 Å². The van der Waals surface area contributed by atoms with Gasteiger partial charge in [-0.05, 0) is 36.0 Å². The normalized spacial score (nSPS) is 25.0. The van der Waals surface area contributed by atoms with Crippen LogP contribution in [0.25, 0.3) is 0 Å². The maximum atomic E-state index is 12.7. The van der Waals surface area contributed by atoms with Gasteiger partial charge in [0.15, 0.2) is 0 Å². The first kappa shape index (κ1) is 20.9. The molecule has 1 aliphatic heterocycles. The zero-order valence-corrected chi connectivity index (χ0v) is 17.7. The molecule has 30 heavy (non-hydrogen) atoms. The van der Waals surface area contributed by atoms with Gasteiger partial charge in [0, 0.05) is 18.0 Å². The predicted molar refractivity (Wildman–Crippen MR) is 116 cm³/mol. The summed E-state index contributed by atoms with van der Waals surface area (Å²) in [4.78, 5) is 24.4. The van der Waals surface area contributed by atoms with Gasteiger partial charge < -0.3 is 15.4 Å². The molecule has 2 aromatic carbocycles. The van der Waals surface area contributed by atoms with Crippen LogP contribution in [0.2, 0.25) is 0 Å². The summed E-state index contributed by atoms with van der Waals surface area (Å²) >= 11 is 5.63. The van der Waals surface area contributed by atoms with Crippen LogP contribution in [0.5, 0.6) is 0 Å². The molecular formula is C24H27ClN2O3. The minimum Gasteiger partial charge on any atom is -0.373 e. The predicted octanol–water partition coefficient (Wildman–Crippen LogP) is 3.26. The monoisotopic (exact) mass is 426 g/mol. The molecule has 2 N–H and O–H groups in total. The van der Waals surface area contributed by atoms with Gasteiger partial charge in [-0.3, -0.25) is 9.59 Å². The van der Waals surface area contributed by atoms with Gasteiger partial charge >= 0.3 is 0 Å². The van der Waals surface area contributed by atoms with Crippen molar-refractivity contribution in [2.45, 2.75) is 43.2 Å². The van der Waals surface area contributed by atoms with E-state index in [1.54, 1.807) is 0 Å². The molecule has 1 saturated carbocycles. The number of fused-ring (bicyclic) bond motifs is 1. The Hall–Kier alpha value is -2.37. The van der Waals surface area contributed by atoms with E-state index in [4.69, 9.17) is 16.3 Å². The third-order valence-corrected chi connectivity index (χ3v) is 6.48. The summed E-state index contributed by atoms with van der Waals surface area (Å²) < 4.78 is 5.88. The third-order valence-electron chi connectivity index (χ3n) is 6.23. The molecule has 158 valence electrons. The van der Waals surface area contributed by atoms with E-state index in [-0.39, 0.29) is 35.3 Å². The standard InChI is InChI=1S/C24H27ClN2O3/c25-15-23(29)26-16-24(18-7-2-1-3-8-18)13-19(14-24)27-22(28)12-21-20-9-5-4-6-17(20)10-11-30-21/h1-9,19,21H,10-16H2,(H,26,29)(H,27,28). The Morgan fingerprint density at radius 2 is 1.77 bits per heavy atom. The largest absolute Gasteiger partial charge is 0.373 e. The third kappa shape index (κ3) is 4.52. The van der Waals surface area contributed by atoms with Crippen LogP contribution in [-0.4, -0.2) is 36.9 Å². The molecule has 1 unspecified atom stereocenters. The highest BCUT2D eigenvalue weighted by Gasteiger charge is 2.46. The van der Waals surface area contributed by atoms with Gasteiger partial charge in [-0.1, -0.05) is 54.6 Å². The van der Waals surface area contributed by atoms with E-state index < -0.39 is 0 Å². The fraction of sp³-hybridized carbons (Fsp3) is 0.417. The number of nitrogens with one attached hydrogen (secondary N) is 2. The van der Waals surface area contributed by atoms with Crippen LogP contribution in [-0.2, 0) is 26.2 Å². The van der Waals surface area contributed by atoms with Crippen molar-refractivity contribution in [3.8, 4) is 0 Å². The zero-order chi connectivity index (χ0) is 21.0. The number of carbonyl (C=O) groups excluding carboxylic acids is 2. The first-order chi connectivity index (χ1) is 14.6. The minimum atomic E-state index is -0.183. The summed E-state index contributed by atoms with van der Waals surface area (Å²) in [5, 5.41) is 6.08. The van der Waals surface area contributed by atoms with Gasteiger partial charge in [0.1, 0.15) is 5.88 Å². The van der Waals surface area contributed by atoms with Gasteiger partial charge in [-0.25, -0.2) is 0 Å². The Balaban J connectivity index is 1.36. The van der Waals surface area contributed by atoms with E-state index in [0.717, 1.165) is 24.8 Å². The Morgan fingerprint density at radius 1 is 1.03 bits per heavy atom. The summed E-state index contributed by atoms with van der Waals surface area (Å²) in [6.07, 6.45) is 2.61. The molecular weight excluding hydrogens is 400 g/mol. The topological polar surface area (TPSA) is 67.4 Å². The van der Waals surface area contributed by atoms with Crippen molar-refractivity contribution in [1.82, 2.24) is 10.6 Å². The lowest BCUT2D eigenvalue weighted by Gasteiger charge is -2.48. The van der Waals surface area contributed by atoms with Crippen molar-refractivity contribution in [2.75, 3.05) is 19.0 Å². The second-order valence-corrected chi connectivity index (χ2v) is 8.51. The minimum absolute atomic E-state index is 0.00755. The summed E-state index contributed by atoms with van der Waals surface area (Å²) in [6.45, 7) is 1.17. The lowest BCUT2D eigenvalue weighted by molar-refractivity contribution is -0.126. The van der Waals surface area contributed by atoms with Crippen LogP contribution in [0.3, 0.4) is 0 Å². The first-order valence-corrected chi connectivity index (χ1v) is 11.0. The molecule has 5 nitrogen and oxygen atoms in total. The van der Waals surface area contributed by atoms with Gasteiger partial charge in [0.25, 0.3) is 0 Å². The number of alkyl halides is 1. The zero-order valence-electron chi connectivity index (χ0n) is 16.9. The maximum Gasteiger partial charge on any atom is 0.234 e. The number of hydrogen-bond donors (Lipinski definition) is 2. The van der Waals surface area contributed by atoms with Crippen LogP contribution in [0.1, 0.15) is 42.1 Å². The highest BCUT2D eigenvalue weighted by Crippen LogP contribution is 2.43. The first-order valence-electron chi connectivity index (χ1n) is 10.5. The summed E-state index contributed by atoms with van der Waals surface area (Å²) in [6, 6.07) is 18.4. The van der Waals surface area contributed by atoms with Crippen molar-refractivity contribution in [3.05, 3.63) is 71.3 Å². The number of carbonyl (C=O) groups is 2. The summed E-state index contributed by atoms with van der Waals surface area (Å²) in [7, 11) is 0. The highest BCUT2D eigenvalue weighted by molar-refractivity contribution is 6.27. The van der Waals surface area contributed by atoms with Crippen LogP contribution in [0.4, 0.5) is 0 Å². The van der Waals surface area contributed by atoms with Gasteiger partial charge in [-0.15, -0.1) is 11.6 Å². The quantitative estimate of drug-likeness (QED) is 0.668. The number of halogens is 1. The van der Waals surface area contributed by atoms with Crippen molar-refractivity contribution >= 4 is 23.4 Å². The molecule has 2 amide bonds. The molecule has 0 aromatic heterocycles. The smallest absolute Gasteiger partial charge is 0.234 e. The lowest BCUT2D eigenvalue weighted by Crippen LogP contribution is -2.58. The van der Waals surface area contributed by atoms with Crippen LogP contribution >= 0.6 is 11.6 Å². The molecule has 1 heterocycles. The van der Waals surface area contributed by atoms with Crippen molar-refractivity contribution in [1.29, 1.82) is 0 Å². The molecule has 2 aliphatic rings. The van der Waals surface area contributed by atoms with Crippen molar-refractivity contribution in [2.24, 2.45) is 0 Å². The molecule has 2 aromatic rings. The summed E-state index contributed by atoms with van der Waals surface area (Å²) in [5.41, 5.74) is 3.39. The maximum absolute atomic E-state index is 12.7. The molecule has 1 fully saturated rings. The Morgan fingerprint density at radius 3 is 2.53 bits per heavy atom.